The van der Waals surface area contributed by atoms with Crippen molar-refractivity contribution in [1.82, 2.24) is 20.3 Å². The number of rotatable bonds is 3. The summed E-state index contributed by atoms with van der Waals surface area (Å²) in [5.41, 5.74) is 1.24. The molecule has 0 spiro atoms. The Morgan fingerprint density at radius 2 is 1.92 bits per heavy atom. The zero-order valence-corrected chi connectivity index (χ0v) is 13.9. The van der Waals surface area contributed by atoms with Crippen molar-refractivity contribution in [1.29, 1.82) is 0 Å². The van der Waals surface area contributed by atoms with E-state index in [2.05, 4.69) is 15.4 Å². The summed E-state index contributed by atoms with van der Waals surface area (Å²) in [6.07, 6.45) is 1.60. The number of carbonyl (C=O) groups is 1. The summed E-state index contributed by atoms with van der Waals surface area (Å²) in [7, 11) is 0. The third kappa shape index (κ3) is 3.17. The summed E-state index contributed by atoms with van der Waals surface area (Å²) in [5, 5.41) is 11.9. The minimum atomic E-state index is -0.105. The molecule has 1 amide bonds. The quantitative estimate of drug-likeness (QED) is 0.729. The standard InChI is InChI=1S/C18H18N4O3/c1-12-19-20-17(24-12)14-7-9-22(10-8-14)18(23)15-11-16(25-21-15)13-5-3-2-4-6-13/h2-6,11,14H,7-10H2,1H3. The van der Waals surface area contributed by atoms with E-state index in [1.165, 1.54) is 0 Å². The van der Waals surface area contributed by atoms with E-state index in [0.717, 1.165) is 18.4 Å². The van der Waals surface area contributed by atoms with Crippen LogP contribution in [0.4, 0.5) is 0 Å². The van der Waals surface area contributed by atoms with Crippen LogP contribution in [0.5, 0.6) is 0 Å². The van der Waals surface area contributed by atoms with Crippen LogP contribution in [0, 0.1) is 6.92 Å². The van der Waals surface area contributed by atoms with E-state index in [-0.39, 0.29) is 11.8 Å². The van der Waals surface area contributed by atoms with E-state index in [0.29, 0.717) is 36.3 Å². The van der Waals surface area contributed by atoms with Gasteiger partial charge in [-0.25, -0.2) is 0 Å². The SMILES string of the molecule is Cc1nnc(C2CCN(C(=O)c3cc(-c4ccccc4)on3)CC2)o1. The molecule has 0 bridgehead atoms. The van der Waals surface area contributed by atoms with Crippen LogP contribution in [0.1, 0.15) is 41.0 Å². The molecule has 3 heterocycles. The number of aryl methyl sites for hydroxylation is 1. The number of carbonyl (C=O) groups excluding carboxylic acids is 1. The van der Waals surface area contributed by atoms with Gasteiger partial charge in [0.15, 0.2) is 11.5 Å². The van der Waals surface area contributed by atoms with Crippen LogP contribution in [0.2, 0.25) is 0 Å². The van der Waals surface area contributed by atoms with Crippen LogP contribution in [0.25, 0.3) is 11.3 Å². The normalized spacial score (nSPS) is 15.5. The van der Waals surface area contributed by atoms with E-state index in [1.54, 1.807) is 17.9 Å². The highest BCUT2D eigenvalue weighted by atomic mass is 16.5. The monoisotopic (exact) mass is 338 g/mol. The van der Waals surface area contributed by atoms with Crippen molar-refractivity contribution in [3.8, 4) is 11.3 Å². The van der Waals surface area contributed by atoms with Gasteiger partial charge in [-0.05, 0) is 12.8 Å². The van der Waals surface area contributed by atoms with Crippen molar-refractivity contribution >= 4 is 5.91 Å². The van der Waals surface area contributed by atoms with Gasteiger partial charge in [-0.3, -0.25) is 4.79 Å². The fraction of sp³-hybridized carbons (Fsp3) is 0.333. The lowest BCUT2D eigenvalue weighted by Crippen LogP contribution is -2.38. The number of piperidine rings is 1. The predicted octanol–water partition coefficient (Wildman–Crippen LogP) is 3.05. The van der Waals surface area contributed by atoms with Crippen molar-refractivity contribution in [2.24, 2.45) is 0 Å². The molecule has 0 saturated carbocycles. The lowest BCUT2D eigenvalue weighted by Gasteiger charge is -2.29. The molecule has 0 atom stereocenters. The summed E-state index contributed by atoms with van der Waals surface area (Å²) in [4.78, 5) is 14.4. The second-order valence-electron chi connectivity index (χ2n) is 6.17. The average molecular weight is 338 g/mol. The molecular formula is C18H18N4O3. The lowest BCUT2D eigenvalue weighted by molar-refractivity contribution is 0.0695. The number of aromatic nitrogens is 3. The zero-order valence-electron chi connectivity index (χ0n) is 13.9. The largest absolute Gasteiger partial charge is 0.425 e. The molecule has 0 N–H and O–H groups in total. The molecule has 4 rings (SSSR count). The molecule has 1 aromatic carbocycles. The first-order valence-corrected chi connectivity index (χ1v) is 8.32. The van der Waals surface area contributed by atoms with Crippen LogP contribution >= 0.6 is 0 Å². The summed E-state index contributed by atoms with van der Waals surface area (Å²) < 4.78 is 10.8. The van der Waals surface area contributed by atoms with Gasteiger partial charge in [-0.15, -0.1) is 10.2 Å². The van der Waals surface area contributed by atoms with Gasteiger partial charge >= 0.3 is 0 Å². The second-order valence-corrected chi connectivity index (χ2v) is 6.17. The summed E-state index contributed by atoms with van der Waals surface area (Å²) in [5.74, 6) is 1.94. The zero-order chi connectivity index (χ0) is 17.2. The van der Waals surface area contributed by atoms with Gasteiger partial charge in [0.05, 0.1) is 0 Å². The third-order valence-corrected chi connectivity index (χ3v) is 4.46. The van der Waals surface area contributed by atoms with E-state index in [9.17, 15) is 4.79 Å². The average Bonchev–Trinajstić information content (AvgIpc) is 3.31. The predicted molar refractivity (Wildman–Crippen MR) is 88.9 cm³/mol. The number of nitrogens with zero attached hydrogens (tertiary/aromatic N) is 4. The van der Waals surface area contributed by atoms with Gasteiger partial charge in [0.2, 0.25) is 11.8 Å². The van der Waals surface area contributed by atoms with E-state index >= 15 is 0 Å². The van der Waals surface area contributed by atoms with Crippen LogP contribution in [0.3, 0.4) is 0 Å². The molecule has 0 radical (unpaired) electrons. The topological polar surface area (TPSA) is 85.3 Å². The molecule has 0 aliphatic carbocycles. The molecular weight excluding hydrogens is 320 g/mol. The smallest absolute Gasteiger partial charge is 0.276 e. The van der Waals surface area contributed by atoms with Gasteiger partial charge in [-0.2, -0.15) is 0 Å². The minimum Gasteiger partial charge on any atom is -0.425 e. The van der Waals surface area contributed by atoms with Crippen molar-refractivity contribution in [2.45, 2.75) is 25.7 Å². The van der Waals surface area contributed by atoms with Gasteiger partial charge in [-0.1, -0.05) is 35.5 Å². The molecule has 1 fully saturated rings. The highest BCUT2D eigenvalue weighted by Gasteiger charge is 2.29. The fourth-order valence-electron chi connectivity index (χ4n) is 3.08. The van der Waals surface area contributed by atoms with Gasteiger partial charge < -0.3 is 13.8 Å². The van der Waals surface area contributed by atoms with Gasteiger partial charge in [0.1, 0.15) is 0 Å². The number of hydrogen-bond donors (Lipinski definition) is 0. The Balaban J connectivity index is 1.42. The Bertz CT molecular complexity index is 863. The maximum Gasteiger partial charge on any atom is 0.276 e. The molecule has 1 aliphatic rings. The first-order chi connectivity index (χ1) is 12.2. The summed E-state index contributed by atoms with van der Waals surface area (Å²) in [6, 6.07) is 11.3. The highest BCUT2D eigenvalue weighted by Crippen LogP contribution is 2.28. The van der Waals surface area contributed by atoms with Crippen molar-refractivity contribution < 1.29 is 13.7 Å². The minimum absolute atomic E-state index is 0.105. The summed E-state index contributed by atoms with van der Waals surface area (Å²) in [6.45, 7) is 3.06. The number of benzene rings is 1. The van der Waals surface area contributed by atoms with E-state index in [4.69, 9.17) is 8.94 Å². The highest BCUT2D eigenvalue weighted by molar-refractivity contribution is 5.93. The van der Waals surface area contributed by atoms with E-state index in [1.807, 2.05) is 30.3 Å². The number of likely N-dealkylation sites (tertiary alicyclic amines) is 1. The fourth-order valence-corrected chi connectivity index (χ4v) is 3.08. The van der Waals surface area contributed by atoms with Crippen molar-refractivity contribution in [2.75, 3.05) is 13.1 Å². The van der Waals surface area contributed by atoms with Crippen molar-refractivity contribution in [3.63, 3.8) is 0 Å². The Morgan fingerprint density at radius 3 is 2.60 bits per heavy atom. The van der Waals surface area contributed by atoms with Crippen LogP contribution in [-0.4, -0.2) is 39.3 Å². The summed E-state index contributed by atoms with van der Waals surface area (Å²) >= 11 is 0. The molecule has 0 unspecified atom stereocenters. The Kier molecular flexibility index (Phi) is 4.05. The molecule has 25 heavy (non-hydrogen) atoms. The molecule has 1 saturated heterocycles. The molecule has 7 nitrogen and oxygen atoms in total. The molecule has 128 valence electrons. The maximum atomic E-state index is 12.6. The maximum absolute atomic E-state index is 12.6. The Labute approximate surface area is 144 Å². The third-order valence-electron chi connectivity index (χ3n) is 4.46. The van der Waals surface area contributed by atoms with Crippen LogP contribution in [0.15, 0.2) is 45.3 Å². The van der Waals surface area contributed by atoms with Crippen LogP contribution < -0.4 is 0 Å². The van der Waals surface area contributed by atoms with E-state index < -0.39 is 0 Å². The first kappa shape index (κ1) is 15.6. The number of amides is 1. The Morgan fingerprint density at radius 1 is 1.16 bits per heavy atom. The number of hydrogen-bond acceptors (Lipinski definition) is 6. The van der Waals surface area contributed by atoms with Crippen molar-refractivity contribution in [3.05, 3.63) is 53.9 Å². The second kappa shape index (κ2) is 6.51. The van der Waals surface area contributed by atoms with Gasteiger partial charge in [0.25, 0.3) is 5.91 Å². The lowest BCUT2D eigenvalue weighted by atomic mass is 9.96. The molecule has 7 heteroatoms. The first-order valence-electron chi connectivity index (χ1n) is 8.32. The van der Waals surface area contributed by atoms with Crippen LogP contribution in [-0.2, 0) is 0 Å². The molecule has 3 aromatic rings. The molecule has 2 aromatic heterocycles. The molecule has 1 aliphatic heterocycles. The van der Waals surface area contributed by atoms with Gasteiger partial charge in [0, 0.05) is 37.6 Å². The Hall–Kier alpha value is -2.96.